The molecule has 0 radical (unpaired) electrons. The second-order valence-corrected chi connectivity index (χ2v) is 8.89. The van der Waals surface area contributed by atoms with Gasteiger partial charge in [0.2, 0.25) is 5.95 Å². The molecule has 4 aromatic heterocycles. The summed E-state index contributed by atoms with van der Waals surface area (Å²) in [7, 11) is 0. The molecule has 0 bridgehead atoms. The molecule has 0 saturated carbocycles. The summed E-state index contributed by atoms with van der Waals surface area (Å²) in [5.74, 6) is 1.00. The highest BCUT2D eigenvalue weighted by molar-refractivity contribution is 5.85. The van der Waals surface area contributed by atoms with Gasteiger partial charge in [0.05, 0.1) is 22.8 Å². The number of pyridine rings is 2. The molecule has 180 valence electrons. The zero-order chi connectivity index (χ0) is 25.0. The number of carbonyl (C=O) groups excluding carboxylic acids is 1. The minimum atomic E-state index is -0.591. The van der Waals surface area contributed by atoms with E-state index in [-0.39, 0.29) is 0 Å². The van der Waals surface area contributed by atoms with E-state index in [1.54, 1.807) is 37.6 Å². The second kappa shape index (κ2) is 9.88. The fourth-order valence-corrected chi connectivity index (χ4v) is 3.32. The van der Waals surface area contributed by atoms with Gasteiger partial charge in [-0.05, 0) is 65.0 Å². The fourth-order valence-electron chi connectivity index (χ4n) is 3.32. The van der Waals surface area contributed by atoms with Crippen molar-refractivity contribution in [2.45, 2.75) is 46.8 Å². The molecule has 0 atom stereocenters. The monoisotopic (exact) mass is 473 g/mol. The molecule has 4 aromatic rings. The van der Waals surface area contributed by atoms with E-state index in [1.165, 1.54) is 0 Å². The lowest BCUT2D eigenvalue weighted by Gasteiger charge is -2.20. The van der Waals surface area contributed by atoms with Crippen molar-refractivity contribution in [3.63, 3.8) is 0 Å². The van der Waals surface area contributed by atoms with E-state index in [0.29, 0.717) is 35.3 Å². The van der Waals surface area contributed by atoms with Crippen molar-refractivity contribution in [1.29, 1.82) is 0 Å². The lowest BCUT2D eigenvalue weighted by molar-refractivity contribution is 0.0635. The topological polar surface area (TPSA) is 128 Å². The van der Waals surface area contributed by atoms with Gasteiger partial charge in [-0.25, -0.2) is 19.7 Å². The quantitative estimate of drug-likeness (QED) is 0.390. The van der Waals surface area contributed by atoms with Crippen molar-refractivity contribution < 1.29 is 14.1 Å². The van der Waals surface area contributed by atoms with E-state index in [1.807, 2.05) is 45.9 Å². The fraction of sp³-hybridized carbons (Fsp3) is 0.280. The summed E-state index contributed by atoms with van der Waals surface area (Å²) in [6.45, 7) is 9.48. The number of anilines is 2. The van der Waals surface area contributed by atoms with Crippen LogP contribution in [-0.2, 0) is 11.3 Å². The van der Waals surface area contributed by atoms with E-state index in [9.17, 15) is 4.79 Å². The summed E-state index contributed by atoms with van der Waals surface area (Å²) in [5, 5.41) is 10.1. The molecule has 1 amide bonds. The van der Waals surface area contributed by atoms with Gasteiger partial charge < -0.3 is 14.6 Å². The minimum Gasteiger partial charge on any atom is -0.444 e. The van der Waals surface area contributed by atoms with Gasteiger partial charge in [0.25, 0.3) is 0 Å². The molecule has 0 aliphatic carbocycles. The summed E-state index contributed by atoms with van der Waals surface area (Å²) >= 11 is 0. The molecule has 4 heterocycles. The third-order valence-electron chi connectivity index (χ3n) is 4.97. The Morgan fingerprint density at radius 3 is 2.57 bits per heavy atom. The average Bonchev–Trinajstić information content (AvgIpc) is 3.19. The van der Waals surface area contributed by atoms with Crippen LogP contribution in [0.25, 0.3) is 22.7 Å². The van der Waals surface area contributed by atoms with Gasteiger partial charge in [0, 0.05) is 36.3 Å². The van der Waals surface area contributed by atoms with E-state index < -0.39 is 11.7 Å². The smallest absolute Gasteiger partial charge is 0.412 e. The number of carbonyl (C=O) groups is 1. The van der Waals surface area contributed by atoms with Crippen LogP contribution in [0, 0.1) is 13.8 Å². The number of hydrogen-bond acceptors (Lipinski definition) is 9. The van der Waals surface area contributed by atoms with Crippen LogP contribution in [0.3, 0.4) is 0 Å². The van der Waals surface area contributed by atoms with E-state index in [2.05, 4.69) is 35.7 Å². The third kappa shape index (κ3) is 5.97. The summed E-state index contributed by atoms with van der Waals surface area (Å²) in [6.07, 6.45) is 4.63. The highest BCUT2D eigenvalue weighted by atomic mass is 16.6. The molecular weight excluding hydrogens is 446 g/mol. The van der Waals surface area contributed by atoms with Gasteiger partial charge in [-0.2, -0.15) is 0 Å². The standard InChI is InChI=1S/C25H27N7O3/c1-15-18(14-28-23-27-12-10-20(30-23)17-7-6-11-26-13-17)22(35-32-15)21-9-8-19(16(2)29-21)31-24(33)34-25(3,4)5/h6-13H,14H2,1-5H3,(H,31,33)(H,27,28,30). The second-order valence-electron chi connectivity index (χ2n) is 8.89. The SMILES string of the molecule is Cc1nc(-c2onc(C)c2CNc2nccc(-c3cccnc3)n2)ccc1NC(=O)OC(C)(C)C. The van der Waals surface area contributed by atoms with Crippen molar-refractivity contribution in [1.82, 2.24) is 25.1 Å². The molecule has 0 saturated heterocycles. The van der Waals surface area contributed by atoms with E-state index in [4.69, 9.17) is 9.26 Å². The molecule has 0 fully saturated rings. The number of rotatable bonds is 6. The first-order valence-electron chi connectivity index (χ1n) is 11.1. The Morgan fingerprint density at radius 2 is 1.86 bits per heavy atom. The van der Waals surface area contributed by atoms with Crippen molar-refractivity contribution in [3.05, 3.63) is 65.9 Å². The molecule has 10 nitrogen and oxygen atoms in total. The maximum Gasteiger partial charge on any atom is 0.412 e. The molecule has 0 aromatic carbocycles. The highest BCUT2D eigenvalue weighted by Gasteiger charge is 2.20. The van der Waals surface area contributed by atoms with Crippen LogP contribution in [0.1, 0.15) is 37.7 Å². The first-order chi connectivity index (χ1) is 16.7. The predicted molar refractivity (Wildman–Crippen MR) is 132 cm³/mol. The van der Waals surface area contributed by atoms with Gasteiger partial charge in [-0.3, -0.25) is 10.3 Å². The molecule has 0 aliphatic heterocycles. The summed E-state index contributed by atoms with van der Waals surface area (Å²) in [5.41, 5.74) is 4.41. The molecule has 0 spiro atoms. The van der Waals surface area contributed by atoms with Crippen LogP contribution in [0.2, 0.25) is 0 Å². The Labute approximate surface area is 203 Å². The Bertz CT molecular complexity index is 1330. The molecule has 0 aliphatic rings. The Morgan fingerprint density at radius 1 is 1.03 bits per heavy atom. The molecule has 4 rings (SSSR count). The van der Waals surface area contributed by atoms with Gasteiger partial charge >= 0.3 is 6.09 Å². The average molecular weight is 474 g/mol. The van der Waals surface area contributed by atoms with Crippen LogP contribution in [-0.4, -0.2) is 36.8 Å². The number of hydrogen-bond donors (Lipinski definition) is 2. The lowest BCUT2D eigenvalue weighted by atomic mass is 10.1. The number of aromatic nitrogens is 5. The van der Waals surface area contributed by atoms with Crippen LogP contribution in [0.4, 0.5) is 16.4 Å². The zero-order valence-corrected chi connectivity index (χ0v) is 20.3. The summed E-state index contributed by atoms with van der Waals surface area (Å²) in [4.78, 5) is 29.7. The summed E-state index contributed by atoms with van der Waals surface area (Å²) in [6, 6.07) is 9.16. The van der Waals surface area contributed by atoms with Gasteiger partial charge in [0.15, 0.2) is 5.76 Å². The Kier molecular flexibility index (Phi) is 6.72. The van der Waals surface area contributed by atoms with Crippen LogP contribution >= 0.6 is 0 Å². The van der Waals surface area contributed by atoms with Gasteiger partial charge in [0.1, 0.15) is 11.3 Å². The predicted octanol–water partition coefficient (Wildman–Crippen LogP) is 5.16. The first kappa shape index (κ1) is 23.8. The third-order valence-corrected chi connectivity index (χ3v) is 4.97. The highest BCUT2D eigenvalue weighted by Crippen LogP contribution is 2.28. The maximum absolute atomic E-state index is 12.1. The number of ether oxygens (including phenoxy) is 1. The maximum atomic E-state index is 12.1. The number of amides is 1. The van der Waals surface area contributed by atoms with E-state index in [0.717, 1.165) is 22.5 Å². The van der Waals surface area contributed by atoms with Crippen molar-refractivity contribution >= 4 is 17.7 Å². The molecular formula is C25H27N7O3. The molecule has 10 heteroatoms. The largest absolute Gasteiger partial charge is 0.444 e. The number of aryl methyl sites for hydroxylation is 2. The Balaban J connectivity index is 1.50. The van der Waals surface area contributed by atoms with Crippen molar-refractivity contribution in [2.75, 3.05) is 10.6 Å². The Hall–Kier alpha value is -4.34. The minimum absolute atomic E-state index is 0.389. The molecule has 0 unspecified atom stereocenters. The molecule has 35 heavy (non-hydrogen) atoms. The normalized spacial score (nSPS) is 11.2. The molecule has 2 N–H and O–H groups in total. The van der Waals surface area contributed by atoms with Crippen molar-refractivity contribution in [3.8, 4) is 22.7 Å². The summed E-state index contributed by atoms with van der Waals surface area (Å²) < 4.78 is 10.9. The zero-order valence-electron chi connectivity index (χ0n) is 20.3. The first-order valence-corrected chi connectivity index (χ1v) is 11.1. The van der Waals surface area contributed by atoms with Crippen molar-refractivity contribution in [2.24, 2.45) is 0 Å². The lowest BCUT2D eigenvalue weighted by Crippen LogP contribution is -2.27. The van der Waals surface area contributed by atoms with Gasteiger partial charge in [-0.1, -0.05) is 5.16 Å². The van der Waals surface area contributed by atoms with Crippen LogP contribution in [0.5, 0.6) is 0 Å². The van der Waals surface area contributed by atoms with Gasteiger partial charge in [-0.15, -0.1) is 0 Å². The van der Waals surface area contributed by atoms with Crippen LogP contribution < -0.4 is 10.6 Å². The number of nitrogens with zero attached hydrogens (tertiary/aromatic N) is 5. The van der Waals surface area contributed by atoms with E-state index >= 15 is 0 Å². The van der Waals surface area contributed by atoms with Crippen LogP contribution in [0.15, 0.2) is 53.4 Å². The number of nitrogens with one attached hydrogen (secondary N) is 2.